The van der Waals surface area contributed by atoms with Crippen molar-refractivity contribution >= 4 is 23.3 Å². The molecule has 0 aliphatic heterocycles. The average molecular weight is 378 g/mol. The number of aryl methyl sites for hydroxylation is 1. The van der Waals surface area contributed by atoms with Crippen molar-refractivity contribution in [1.82, 2.24) is 0 Å². The van der Waals surface area contributed by atoms with Crippen molar-refractivity contribution in [2.45, 2.75) is 26.5 Å². The van der Waals surface area contributed by atoms with Crippen LogP contribution in [0.3, 0.4) is 0 Å². The number of nitrogens with one attached hydrogen (secondary N) is 2. The Bertz CT molecular complexity index is 933. The number of hydrogen-bond acceptors (Lipinski definition) is 5. The SMILES string of the molecule is Cc1ccc(NC(=O)[C@@H](C)OC(=O)c2ccccc2NCc2ccco2)cc1. The minimum Gasteiger partial charge on any atom is -0.467 e. The number of amides is 1. The van der Waals surface area contributed by atoms with E-state index in [-0.39, 0.29) is 0 Å². The van der Waals surface area contributed by atoms with Gasteiger partial charge in [0.05, 0.1) is 18.4 Å². The first-order valence-corrected chi connectivity index (χ1v) is 8.97. The van der Waals surface area contributed by atoms with Gasteiger partial charge in [-0.1, -0.05) is 29.8 Å². The monoisotopic (exact) mass is 378 g/mol. The van der Waals surface area contributed by atoms with Crippen molar-refractivity contribution in [2.24, 2.45) is 0 Å². The van der Waals surface area contributed by atoms with Gasteiger partial charge in [-0.15, -0.1) is 0 Å². The Morgan fingerprint density at radius 2 is 1.79 bits per heavy atom. The second kappa shape index (κ2) is 8.90. The lowest BCUT2D eigenvalue weighted by atomic mass is 10.1. The van der Waals surface area contributed by atoms with Crippen molar-refractivity contribution in [3.63, 3.8) is 0 Å². The lowest BCUT2D eigenvalue weighted by Crippen LogP contribution is -2.30. The van der Waals surface area contributed by atoms with Gasteiger partial charge in [-0.2, -0.15) is 0 Å². The van der Waals surface area contributed by atoms with Crippen LogP contribution in [0.5, 0.6) is 0 Å². The highest BCUT2D eigenvalue weighted by Crippen LogP contribution is 2.18. The van der Waals surface area contributed by atoms with E-state index in [9.17, 15) is 9.59 Å². The number of para-hydroxylation sites is 1. The highest BCUT2D eigenvalue weighted by Gasteiger charge is 2.21. The van der Waals surface area contributed by atoms with Gasteiger partial charge < -0.3 is 19.8 Å². The van der Waals surface area contributed by atoms with E-state index in [2.05, 4.69) is 10.6 Å². The Hall–Kier alpha value is -3.54. The van der Waals surface area contributed by atoms with Crippen LogP contribution in [0.1, 0.15) is 28.6 Å². The summed E-state index contributed by atoms with van der Waals surface area (Å²) >= 11 is 0. The van der Waals surface area contributed by atoms with Gasteiger partial charge in [-0.3, -0.25) is 4.79 Å². The lowest BCUT2D eigenvalue weighted by Gasteiger charge is -2.15. The highest BCUT2D eigenvalue weighted by molar-refractivity contribution is 5.99. The number of benzene rings is 2. The molecule has 1 aromatic heterocycles. The molecular formula is C22H22N2O4. The molecule has 1 amide bonds. The van der Waals surface area contributed by atoms with Crippen molar-refractivity contribution in [1.29, 1.82) is 0 Å². The second-order valence-corrected chi connectivity index (χ2v) is 6.38. The zero-order chi connectivity index (χ0) is 19.9. The molecule has 0 aliphatic rings. The van der Waals surface area contributed by atoms with Gasteiger partial charge in [-0.25, -0.2) is 4.79 Å². The van der Waals surface area contributed by atoms with E-state index in [1.165, 1.54) is 0 Å². The van der Waals surface area contributed by atoms with Gasteiger partial charge in [0.1, 0.15) is 5.76 Å². The Balaban J connectivity index is 1.61. The molecule has 3 rings (SSSR count). The van der Waals surface area contributed by atoms with Crippen LogP contribution in [0.4, 0.5) is 11.4 Å². The number of furan rings is 1. The van der Waals surface area contributed by atoms with Crippen molar-refractivity contribution in [2.75, 3.05) is 10.6 Å². The van der Waals surface area contributed by atoms with Gasteiger partial charge in [0.15, 0.2) is 6.10 Å². The number of carbonyl (C=O) groups excluding carboxylic acids is 2. The molecule has 28 heavy (non-hydrogen) atoms. The Labute approximate surface area is 163 Å². The second-order valence-electron chi connectivity index (χ2n) is 6.38. The van der Waals surface area contributed by atoms with Crippen molar-refractivity contribution < 1.29 is 18.7 Å². The molecule has 3 aromatic rings. The molecule has 144 valence electrons. The molecular weight excluding hydrogens is 356 g/mol. The van der Waals surface area contributed by atoms with Gasteiger partial charge in [0.2, 0.25) is 0 Å². The quantitative estimate of drug-likeness (QED) is 0.596. The van der Waals surface area contributed by atoms with Crippen LogP contribution in [-0.2, 0) is 16.1 Å². The largest absolute Gasteiger partial charge is 0.467 e. The van der Waals surface area contributed by atoms with E-state index in [0.29, 0.717) is 23.5 Å². The Morgan fingerprint density at radius 1 is 1.04 bits per heavy atom. The summed E-state index contributed by atoms with van der Waals surface area (Å²) in [5.74, 6) is -0.221. The van der Waals surface area contributed by atoms with Crippen LogP contribution in [0, 0.1) is 6.92 Å². The molecule has 6 heteroatoms. The molecule has 0 unspecified atom stereocenters. The zero-order valence-electron chi connectivity index (χ0n) is 15.8. The molecule has 6 nitrogen and oxygen atoms in total. The molecule has 2 aromatic carbocycles. The summed E-state index contributed by atoms with van der Waals surface area (Å²) in [5, 5.41) is 5.89. The van der Waals surface area contributed by atoms with E-state index in [0.717, 1.165) is 11.3 Å². The van der Waals surface area contributed by atoms with Crippen LogP contribution in [-0.4, -0.2) is 18.0 Å². The molecule has 0 bridgehead atoms. The third kappa shape index (κ3) is 5.01. The first-order valence-electron chi connectivity index (χ1n) is 8.97. The first-order chi connectivity index (χ1) is 13.5. The standard InChI is InChI=1S/C22H22N2O4/c1-15-9-11-17(12-10-15)24-21(25)16(2)28-22(26)19-7-3-4-8-20(19)23-14-18-6-5-13-27-18/h3-13,16,23H,14H2,1-2H3,(H,24,25)/t16-/m1/s1. The zero-order valence-corrected chi connectivity index (χ0v) is 15.8. The third-order valence-corrected chi connectivity index (χ3v) is 4.15. The maximum Gasteiger partial charge on any atom is 0.341 e. The fraction of sp³-hybridized carbons (Fsp3) is 0.182. The number of esters is 1. The van der Waals surface area contributed by atoms with Crippen LogP contribution in [0.25, 0.3) is 0 Å². The summed E-state index contributed by atoms with van der Waals surface area (Å²) in [4.78, 5) is 24.9. The summed E-state index contributed by atoms with van der Waals surface area (Å²) in [7, 11) is 0. The number of rotatable bonds is 7. The van der Waals surface area contributed by atoms with Gasteiger partial charge >= 0.3 is 5.97 Å². The third-order valence-electron chi connectivity index (χ3n) is 4.15. The van der Waals surface area contributed by atoms with E-state index in [1.807, 2.05) is 31.2 Å². The fourth-order valence-corrected chi connectivity index (χ4v) is 2.57. The maximum absolute atomic E-state index is 12.6. The van der Waals surface area contributed by atoms with Crippen LogP contribution < -0.4 is 10.6 Å². The molecule has 2 N–H and O–H groups in total. The van der Waals surface area contributed by atoms with E-state index >= 15 is 0 Å². The predicted octanol–water partition coefficient (Wildman–Crippen LogP) is 4.38. The summed E-state index contributed by atoms with van der Waals surface area (Å²) in [6.45, 7) is 3.94. The molecule has 0 radical (unpaired) electrons. The number of hydrogen-bond donors (Lipinski definition) is 2. The summed E-state index contributed by atoms with van der Waals surface area (Å²) < 4.78 is 10.6. The minimum absolute atomic E-state index is 0.351. The topological polar surface area (TPSA) is 80.6 Å². The predicted molar refractivity (Wildman–Crippen MR) is 107 cm³/mol. The van der Waals surface area contributed by atoms with E-state index < -0.39 is 18.0 Å². The molecule has 0 fully saturated rings. The van der Waals surface area contributed by atoms with Gasteiger partial charge in [0.25, 0.3) is 5.91 Å². The van der Waals surface area contributed by atoms with E-state index in [4.69, 9.17) is 9.15 Å². The fourth-order valence-electron chi connectivity index (χ4n) is 2.57. The number of anilines is 2. The highest BCUT2D eigenvalue weighted by atomic mass is 16.5. The number of ether oxygens (including phenoxy) is 1. The molecule has 0 saturated heterocycles. The van der Waals surface area contributed by atoms with Gasteiger partial charge in [-0.05, 0) is 50.2 Å². The summed E-state index contributed by atoms with van der Waals surface area (Å²) in [6.07, 6.45) is 0.651. The van der Waals surface area contributed by atoms with Crippen LogP contribution in [0.15, 0.2) is 71.3 Å². The molecule has 1 heterocycles. The smallest absolute Gasteiger partial charge is 0.341 e. The average Bonchev–Trinajstić information content (AvgIpc) is 3.22. The minimum atomic E-state index is -0.938. The Kier molecular flexibility index (Phi) is 6.11. The van der Waals surface area contributed by atoms with Crippen LogP contribution in [0.2, 0.25) is 0 Å². The summed E-state index contributed by atoms with van der Waals surface area (Å²) in [6, 6.07) is 18.0. The van der Waals surface area contributed by atoms with Crippen molar-refractivity contribution in [3.05, 3.63) is 83.8 Å². The van der Waals surface area contributed by atoms with Crippen molar-refractivity contribution in [3.8, 4) is 0 Å². The van der Waals surface area contributed by atoms with E-state index in [1.54, 1.807) is 49.6 Å². The molecule has 0 saturated carbocycles. The Morgan fingerprint density at radius 3 is 2.50 bits per heavy atom. The molecule has 0 spiro atoms. The summed E-state index contributed by atoms with van der Waals surface area (Å²) in [5.41, 5.74) is 2.70. The van der Waals surface area contributed by atoms with Crippen LogP contribution >= 0.6 is 0 Å². The molecule has 0 aliphatic carbocycles. The van der Waals surface area contributed by atoms with Gasteiger partial charge in [0, 0.05) is 11.4 Å². The number of carbonyl (C=O) groups is 2. The normalized spacial score (nSPS) is 11.5. The molecule has 1 atom stereocenters. The first kappa shape index (κ1) is 19.2. The lowest BCUT2D eigenvalue weighted by molar-refractivity contribution is -0.123. The maximum atomic E-state index is 12.6.